The first kappa shape index (κ1) is 13.4. The highest BCUT2D eigenvalue weighted by Crippen LogP contribution is 2.25. The van der Waals surface area contributed by atoms with Crippen molar-refractivity contribution in [3.05, 3.63) is 62.5 Å². The molecular weight excluding hydrogens is 335 g/mol. The van der Waals surface area contributed by atoms with E-state index in [1.807, 2.05) is 30.3 Å². The summed E-state index contributed by atoms with van der Waals surface area (Å²) in [5.74, 6) is 0. The maximum atomic E-state index is 5.90. The van der Waals surface area contributed by atoms with Gasteiger partial charge in [0.15, 0.2) is 0 Å². The standard InChI is InChI=1S/C13H9BrCl2N2/c14-11-4-2-1-3-9(11)8-17-18-10-5-6-12(15)13(16)7-10/h1-8,18H/b17-8-. The summed E-state index contributed by atoms with van der Waals surface area (Å²) in [6, 6.07) is 13.1. The summed E-state index contributed by atoms with van der Waals surface area (Å²) in [5, 5.41) is 5.16. The Morgan fingerprint density at radius 3 is 2.56 bits per heavy atom. The predicted octanol–water partition coefficient (Wildman–Crippen LogP) is 5.20. The third-order valence-corrected chi connectivity index (χ3v) is 3.68. The van der Waals surface area contributed by atoms with Crippen molar-refractivity contribution in [1.29, 1.82) is 0 Å². The van der Waals surface area contributed by atoms with Crippen LogP contribution in [0.1, 0.15) is 5.56 Å². The van der Waals surface area contributed by atoms with E-state index in [0.29, 0.717) is 10.0 Å². The third-order valence-electron chi connectivity index (χ3n) is 2.22. The average Bonchev–Trinajstić information content (AvgIpc) is 2.36. The van der Waals surface area contributed by atoms with Crippen LogP contribution >= 0.6 is 39.1 Å². The molecule has 0 unspecified atom stereocenters. The van der Waals surface area contributed by atoms with Crippen molar-refractivity contribution < 1.29 is 0 Å². The Morgan fingerprint density at radius 1 is 1.06 bits per heavy atom. The SMILES string of the molecule is Clc1ccc(N/N=C\c2ccccc2Br)cc1Cl. The topological polar surface area (TPSA) is 24.4 Å². The summed E-state index contributed by atoms with van der Waals surface area (Å²) in [4.78, 5) is 0. The van der Waals surface area contributed by atoms with E-state index in [1.54, 1.807) is 18.3 Å². The minimum Gasteiger partial charge on any atom is -0.278 e. The Bertz CT molecular complexity index is 585. The highest BCUT2D eigenvalue weighted by Gasteiger charge is 1.98. The molecule has 0 aliphatic heterocycles. The molecule has 0 fully saturated rings. The molecule has 0 heterocycles. The molecule has 5 heteroatoms. The van der Waals surface area contributed by atoms with Crippen LogP contribution in [0.2, 0.25) is 10.0 Å². The van der Waals surface area contributed by atoms with Gasteiger partial charge in [-0.3, -0.25) is 5.43 Å². The van der Waals surface area contributed by atoms with Crippen LogP contribution < -0.4 is 5.43 Å². The minimum absolute atomic E-state index is 0.498. The Kier molecular flexibility index (Phi) is 4.64. The summed E-state index contributed by atoms with van der Waals surface area (Å²) < 4.78 is 0.990. The lowest BCUT2D eigenvalue weighted by Crippen LogP contribution is -1.91. The van der Waals surface area contributed by atoms with E-state index in [2.05, 4.69) is 26.5 Å². The molecule has 0 atom stereocenters. The zero-order valence-corrected chi connectivity index (χ0v) is 12.3. The Labute approximate surface area is 124 Å². The molecule has 0 spiro atoms. The number of rotatable bonds is 3. The van der Waals surface area contributed by atoms with Crippen molar-refractivity contribution in [2.75, 3.05) is 5.43 Å². The second-order valence-electron chi connectivity index (χ2n) is 3.52. The number of anilines is 1. The number of nitrogens with zero attached hydrogens (tertiary/aromatic N) is 1. The molecule has 0 aliphatic carbocycles. The molecule has 2 rings (SSSR count). The van der Waals surface area contributed by atoms with Crippen molar-refractivity contribution in [2.45, 2.75) is 0 Å². The van der Waals surface area contributed by atoms with Crippen LogP contribution in [0.25, 0.3) is 0 Å². The molecule has 0 radical (unpaired) electrons. The van der Waals surface area contributed by atoms with Gasteiger partial charge in [-0.05, 0) is 24.3 Å². The second kappa shape index (κ2) is 6.23. The smallest absolute Gasteiger partial charge is 0.0613 e. The Balaban J connectivity index is 2.07. The number of nitrogens with one attached hydrogen (secondary N) is 1. The van der Waals surface area contributed by atoms with Gasteiger partial charge < -0.3 is 0 Å². The van der Waals surface area contributed by atoms with Crippen molar-refractivity contribution in [3.63, 3.8) is 0 Å². The summed E-state index contributed by atoms with van der Waals surface area (Å²) in [6.07, 6.45) is 1.73. The monoisotopic (exact) mass is 342 g/mol. The normalized spacial score (nSPS) is 10.8. The third kappa shape index (κ3) is 3.48. The molecular formula is C13H9BrCl2N2. The molecule has 0 aromatic heterocycles. The van der Waals surface area contributed by atoms with Crippen LogP contribution in [0.3, 0.4) is 0 Å². The minimum atomic E-state index is 0.498. The summed E-state index contributed by atoms with van der Waals surface area (Å²) >= 11 is 15.2. The van der Waals surface area contributed by atoms with E-state index in [4.69, 9.17) is 23.2 Å². The number of hydrogen-bond donors (Lipinski definition) is 1. The van der Waals surface area contributed by atoms with Gasteiger partial charge in [-0.15, -0.1) is 0 Å². The van der Waals surface area contributed by atoms with Gasteiger partial charge in [-0.2, -0.15) is 5.10 Å². The molecule has 2 aromatic carbocycles. The number of hydrogen-bond acceptors (Lipinski definition) is 2. The summed E-state index contributed by atoms with van der Waals surface area (Å²) in [6.45, 7) is 0. The first-order valence-electron chi connectivity index (χ1n) is 5.15. The maximum Gasteiger partial charge on any atom is 0.0613 e. The molecule has 2 nitrogen and oxygen atoms in total. The van der Waals surface area contributed by atoms with E-state index in [-0.39, 0.29) is 0 Å². The molecule has 2 aromatic rings. The van der Waals surface area contributed by atoms with Gasteiger partial charge in [0, 0.05) is 10.0 Å². The first-order chi connectivity index (χ1) is 8.66. The Morgan fingerprint density at radius 2 is 1.83 bits per heavy atom. The maximum absolute atomic E-state index is 5.90. The van der Waals surface area contributed by atoms with Crippen LogP contribution in [0, 0.1) is 0 Å². The van der Waals surface area contributed by atoms with E-state index in [9.17, 15) is 0 Å². The average molecular weight is 344 g/mol. The van der Waals surface area contributed by atoms with Crippen molar-refractivity contribution in [2.24, 2.45) is 5.10 Å². The van der Waals surface area contributed by atoms with Crippen LogP contribution in [0.15, 0.2) is 52.0 Å². The zero-order chi connectivity index (χ0) is 13.0. The molecule has 0 amide bonds. The van der Waals surface area contributed by atoms with Crippen molar-refractivity contribution in [1.82, 2.24) is 0 Å². The zero-order valence-electron chi connectivity index (χ0n) is 9.20. The fourth-order valence-corrected chi connectivity index (χ4v) is 2.01. The van der Waals surface area contributed by atoms with Gasteiger partial charge in [-0.1, -0.05) is 57.3 Å². The summed E-state index contributed by atoms with van der Waals surface area (Å²) in [5.41, 5.74) is 4.67. The van der Waals surface area contributed by atoms with Gasteiger partial charge in [0.2, 0.25) is 0 Å². The molecule has 0 aliphatic rings. The fourth-order valence-electron chi connectivity index (χ4n) is 1.32. The van der Waals surface area contributed by atoms with Crippen LogP contribution in [-0.2, 0) is 0 Å². The lowest BCUT2D eigenvalue weighted by atomic mass is 10.2. The molecule has 0 bridgehead atoms. The van der Waals surface area contributed by atoms with Gasteiger partial charge in [0.25, 0.3) is 0 Å². The van der Waals surface area contributed by atoms with Gasteiger partial charge >= 0.3 is 0 Å². The highest BCUT2D eigenvalue weighted by atomic mass is 79.9. The molecule has 1 N–H and O–H groups in total. The second-order valence-corrected chi connectivity index (χ2v) is 5.19. The predicted molar refractivity (Wildman–Crippen MR) is 81.8 cm³/mol. The van der Waals surface area contributed by atoms with Gasteiger partial charge in [-0.25, -0.2) is 0 Å². The lowest BCUT2D eigenvalue weighted by molar-refractivity contribution is 1.35. The van der Waals surface area contributed by atoms with Crippen molar-refractivity contribution in [3.8, 4) is 0 Å². The quantitative estimate of drug-likeness (QED) is 0.601. The van der Waals surface area contributed by atoms with E-state index in [0.717, 1.165) is 15.7 Å². The van der Waals surface area contributed by atoms with E-state index in [1.165, 1.54) is 0 Å². The van der Waals surface area contributed by atoms with Crippen LogP contribution in [-0.4, -0.2) is 6.21 Å². The van der Waals surface area contributed by atoms with Crippen LogP contribution in [0.5, 0.6) is 0 Å². The number of halogens is 3. The molecule has 92 valence electrons. The highest BCUT2D eigenvalue weighted by molar-refractivity contribution is 9.10. The molecule has 0 saturated carbocycles. The van der Waals surface area contributed by atoms with Gasteiger partial charge in [0.1, 0.15) is 0 Å². The van der Waals surface area contributed by atoms with E-state index < -0.39 is 0 Å². The number of benzene rings is 2. The molecule has 0 saturated heterocycles. The van der Waals surface area contributed by atoms with Gasteiger partial charge in [0.05, 0.1) is 21.9 Å². The van der Waals surface area contributed by atoms with E-state index >= 15 is 0 Å². The lowest BCUT2D eigenvalue weighted by Gasteiger charge is -2.02. The first-order valence-corrected chi connectivity index (χ1v) is 6.70. The Hall–Kier alpha value is -1.03. The largest absolute Gasteiger partial charge is 0.278 e. The molecule has 18 heavy (non-hydrogen) atoms. The summed E-state index contributed by atoms with van der Waals surface area (Å²) in [7, 11) is 0. The fraction of sp³-hybridized carbons (Fsp3) is 0. The van der Waals surface area contributed by atoms with Crippen LogP contribution in [0.4, 0.5) is 5.69 Å². The van der Waals surface area contributed by atoms with Crippen molar-refractivity contribution >= 4 is 51.0 Å². The number of hydrazone groups is 1.